The van der Waals surface area contributed by atoms with Crippen molar-refractivity contribution in [3.8, 4) is 0 Å². The molecule has 2 atom stereocenters. The summed E-state index contributed by atoms with van der Waals surface area (Å²) in [7, 11) is 0. The minimum absolute atomic E-state index is 0.175. The number of amides is 1. The number of pyridine rings is 1. The van der Waals surface area contributed by atoms with Gasteiger partial charge in [0.05, 0.1) is 0 Å². The molecule has 2 N–H and O–H groups in total. The van der Waals surface area contributed by atoms with Crippen LogP contribution < -0.4 is 10.9 Å². The number of halogens is 1. The first kappa shape index (κ1) is 13.3. The standard InChI is InChI=1S/C13H17BrN2O2/c14-11-4-2-1-3-10(11)8-16-13(18)9-5-6-15-12(17)7-9/h5-7,10-11H,1-4,8H2,(H,15,17)(H,16,18). The van der Waals surface area contributed by atoms with Crippen LogP contribution >= 0.6 is 15.9 Å². The summed E-state index contributed by atoms with van der Waals surface area (Å²) in [5.74, 6) is 0.316. The number of carbonyl (C=O) groups excluding carboxylic acids is 1. The Labute approximate surface area is 114 Å². The number of carbonyl (C=O) groups is 1. The minimum Gasteiger partial charge on any atom is -0.352 e. The van der Waals surface area contributed by atoms with Crippen LogP contribution in [-0.2, 0) is 0 Å². The molecule has 0 bridgehead atoms. The highest BCUT2D eigenvalue weighted by atomic mass is 79.9. The molecular weight excluding hydrogens is 296 g/mol. The van der Waals surface area contributed by atoms with E-state index >= 15 is 0 Å². The molecule has 1 aromatic rings. The van der Waals surface area contributed by atoms with Crippen LogP contribution in [0.25, 0.3) is 0 Å². The fourth-order valence-corrected chi connectivity index (χ4v) is 3.08. The van der Waals surface area contributed by atoms with Crippen molar-refractivity contribution in [2.24, 2.45) is 5.92 Å². The number of aromatic amines is 1. The van der Waals surface area contributed by atoms with E-state index in [-0.39, 0.29) is 11.5 Å². The van der Waals surface area contributed by atoms with Crippen LogP contribution in [0.15, 0.2) is 23.1 Å². The summed E-state index contributed by atoms with van der Waals surface area (Å²) < 4.78 is 0. The molecule has 1 fully saturated rings. The number of rotatable bonds is 3. The summed E-state index contributed by atoms with van der Waals surface area (Å²) in [6.07, 6.45) is 6.30. The molecule has 1 aliphatic carbocycles. The Hall–Kier alpha value is -1.10. The van der Waals surface area contributed by atoms with Crippen molar-refractivity contribution in [2.45, 2.75) is 30.5 Å². The van der Waals surface area contributed by atoms with E-state index in [2.05, 4.69) is 26.2 Å². The number of hydrogen-bond donors (Lipinski definition) is 2. The highest BCUT2D eigenvalue weighted by molar-refractivity contribution is 9.09. The Morgan fingerprint density at radius 3 is 2.94 bits per heavy atom. The smallest absolute Gasteiger partial charge is 0.251 e. The average Bonchev–Trinajstić information content (AvgIpc) is 2.37. The monoisotopic (exact) mass is 312 g/mol. The van der Waals surface area contributed by atoms with Gasteiger partial charge in [-0.05, 0) is 24.8 Å². The average molecular weight is 313 g/mol. The maximum Gasteiger partial charge on any atom is 0.251 e. The van der Waals surface area contributed by atoms with Crippen LogP contribution in [0.5, 0.6) is 0 Å². The van der Waals surface area contributed by atoms with Crippen LogP contribution in [0.3, 0.4) is 0 Å². The maximum atomic E-state index is 11.9. The molecule has 1 saturated carbocycles. The van der Waals surface area contributed by atoms with E-state index in [1.165, 1.54) is 31.5 Å². The first-order chi connectivity index (χ1) is 8.66. The van der Waals surface area contributed by atoms with Gasteiger partial charge in [-0.15, -0.1) is 0 Å². The lowest BCUT2D eigenvalue weighted by Gasteiger charge is -2.27. The topological polar surface area (TPSA) is 62.0 Å². The molecular formula is C13H17BrN2O2. The van der Waals surface area contributed by atoms with E-state index in [1.54, 1.807) is 6.07 Å². The summed E-state index contributed by atoms with van der Waals surface area (Å²) in [5.41, 5.74) is 0.166. The first-order valence-electron chi connectivity index (χ1n) is 6.28. The quantitative estimate of drug-likeness (QED) is 0.839. The van der Waals surface area contributed by atoms with Gasteiger partial charge in [-0.25, -0.2) is 0 Å². The number of H-pyrrole nitrogens is 1. The molecule has 1 aromatic heterocycles. The van der Waals surface area contributed by atoms with Crippen LogP contribution in [0.4, 0.5) is 0 Å². The van der Waals surface area contributed by atoms with Crippen molar-refractivity contribution in [1.82, 2.24) is 10.3 Å². The zero-order valence-electron chi connectivity index (χ0n) is 10.1. The lowest BCUT2D eigenvalue weighted by molar-refractivity contribution is 0.0944. The molecule has 4 nitrogen and oxygen atoms in total. The molecule has 1 heterocycles. The van der Waals surface area contributed by atoms with E-state index in [0.29, 0.717) is 22.9 Å². The third kappa shape index (κ3) is 3.45. The van der Waals surface area contributed by atoms with Crippen molar-refractivity contribution in [3.05, 3.63) is 34.2 Å². The molecule has 1 aliphatic rings. The molecule has 0 aromatic carbocycles. The van der Waals surface area contributed by atoms with Gasteiger partial charge in [0.1, 0.15) is 0 Å². The van der Waals surface area contributed by atoms with E-state index in [1.807, 2.05) is 0 Å². The van der Waals surface area contributed by atoms with Gasteiger partial charge in [0, 0.05) is 29.2 Å². The molecule has 2 rings (SSSR count). The molecule has 0 saturated heterocycles. The van der Waals surface area contributed by atoms with Gasteiger partial charge in [0.25, 0.3) is 5.91 Å². The maximum absolute atomic E-state index is 11.9. The lowest BCUT2D eigenvalue weighted by atomic mass is 9.89. The first-order valence-corrected chi connectivity index (χ1v) is 7.19. The Morgan fingerprint density at radius 2 is 2.22 bits per heavy atom. The fraction of sp³-hybridized carbons (Fsp3) is 0.538. The van der Waals surface area contributed by atoms with E-state index in [9.17, 15) is 9.59 Å². The molecule has 2 unspecified atom stereocenters. The minimum atomic E-state index is -0.251. The van der Waals surface area contributed by atoms with Crippen LogP contribution in [-0.4, -0.2) is 22.3 Å². The summed E-state index contributed by atoms with van der Waals surface area (Å²) in [6, 6.07) is 2.94. The second-order valence-electron chi connectivity index (χ2n) is 4.71. The molecule has 0 spiro atoms. The highest BCUT2D eigenvalue weighted by Gasteiger charge is 2.23. The predicted octanol–water partition coefficient (Wildman–Crippen LogP) is 2.06. The summed E-state index contributed by atoms with van der Waals surface area (Å²) in [6.45, 7) is 0.668. The number of hydrogen-bond acceptors (Lipinski definition) is 2. The van der Waals surface area contributed by atoms with Gasteiger partial charge < -0.3 is 10.3 Å². The fourth-order valence-electron chi connectivity index (χ4n) is 2.30. The lowest BCUT2D eigenvalue weighted by Crippen LogP contribution is -2.34. The van der Waals surface area contributed by atoms with Crippen molar-refractivity contribution < 1.29 is 4.79 Å². The molecule has 0 radical (unpaired) electrons. The van der Waals surface area contributed by atoms with Crippen LogP contribution in [0.1, 0.15) is 36.0 Å². The largest absolute Gasteiger partial charge is 0.352 e. The van der Waals surface area contributed by atoms with Crippen molar-refractivity contribution >= 4 is 21.8 Å². The Morgan fingerprint density at radius 1 is 1.44 bits per heavy atom. The van der Waals surface area contributed by atoms with Crippen molar-refractivity contribution in [2.75, 3.05) is 6.54 Å². The van der Waals surface area contributed by atoms with Gasteiger partial charge in [0.15, 0.2) is 0 Å². The van der Waals surface area contributed by atoms with E-state index in [4.69, 9.17) is 0 Å². The van der Waals surface area contributed by atoms with Gasteiger partial charge >= 0.3 is 0 Å². The number of alkyl halides is 1. The molecule has 0 aliphatic heterocycles. The zero-order valence-corrected chi connectivity index (χ0v) is 11.7. The van der Waals surface area contributed by atoms with E-state index in [0.717, 1.165) is 6.42 Å². The Kier molecular flexibility index (Phi) is 4.58. The van der Waals surface area contributed by atoms with Crippen LogP contribution in [0, 0.1) is 5.92 Å². The molecule has 98 valence electrons. The SMILES string of the molecule is O=C(NCC1CCCCC1Br)c1cc[nH]c(=O)c1. The summed E-state index contributed by atoms with van der Waals surface area (Å²) in [5, 5.41) is 2.90. The number of aromatic nitrogens is 1. The Balaban J connectivity index is 1.90. The predicted molar refractivity (Wildman–Crippen MR) is 74.1 cm³/mol. The molecule has 18 heavy (non-hydrogen) atoms. The van der Waals surface area contributed by atoms with Gasteiger partial charge in [0.2, 0.25) is 5.56 Å². The van der Waals surface area contributed by atoms with E-state index < -0.39 is 0 Å². The normalized spacial score (nSPS) is 23.6. The third-order valence-electron chi connectivity index (χ3n) is 3.38. The summed E-state index contributed by atoms with van der Waals surface area (Å²) in [4.78, 5) is 26.0. The second-order valence-corrected chi connectivity index (χ2v) is 5.89. The van der Waals surface area contributed by atoms with Crippen LogP contribution in [0.2, 0.25) is 0 Å². The molecule has 5 heteroatoms. The van der Waals surface area contributed by atoms with Crippen molar-refractivity contribution in [3.63, 3.8) is 0 Å². The van der Waals surface area contributed by atoms with Gasteiger partial charge in [-0.3, -0.25) is 9.59 Å². The third-order valence-corrected chi connectivity index (χ3v) is 4.58. The Bertz CT molecular complexity index is 472. The summed E-state index contributed by atoms with van der Waals surface area (Å²) >= 11 is 3.67. The second kappa shape index (κ2) is 6.18. The number of nitrogens with one attached hydrogen (secondary N) is 2. The van der Waals surface area contributed by atoms with Crippen molar-refractivity contribution in [1.29, 1.82) is 0 Å². The highest BCUT2D eigenvalue weighted by Crippen LogP contribution is 2.29. The molecule has 1 amide bonds. The van der Waals surface area contributed by atoms with Gasteiger partial charge in [-0.2, -0.15) is 0 Å². The zero-order chi connectivity index (χ0) is 13.0. The van der Waals surface area contributed by atoms with Gasteiger partial charge in [-0.1, -0.05) is 28.8 Å².